The number of rotatable bonds is 1. The van der Waals surface area contributed by atoms with E-state index in [-0.39, 0.29) is 0 Å². The normalized spacial score (nSPS) is 19.8. The van der Waals surface area contributed by atoms with Crippen LogP contribution in [0.1, 0.15) is 19.0 Å². The van der Waals surface area contributed by atoms with E-state index in [4.69, 9.17) is 0 Å². The quantitative estimate of drug-likeness (QED) is 0.779. The zero-order valence-corrected chi connectivity index (χ0v) is 11.5. The van der Waals surface area contributed by atoms with Crippen molar-refractivity contribution in [3.8, 4) is 10.7 Å². The smallest absolute Gasteiger partial charge is 0.150 e. The highest BCUT2D eigenvalue weighted by Gasteiger charge is 2.19. The molecule has 84 valence electrons. The lowest BCUT2D eigenvalue weighted by molar-refractivity contribution is 0.419. The van der Waals surface area contributed by atoms with Gasteiger partial charge in [-0.05, 0) is 46.8 Å². The summed E-state index contributed by atoms with van der Waals surface area (Å²) in [5, 5.41) is 0. The van der Waals surface area contributed by atoms with Crippen LogP contribution in [0.5, 0.6) is 0 Å². The van der Waals surface area contributed by atoms with Crippen molar-refractivity contribution in [3.05, 3.63) is 27.8 Å². The lowest BCUT2D eigenvalue weighted by Gasteiger charge is -2.21. The van der Waals surface area contributed by atoms with E-state index in [1.807, 2.05) is 6.20 Å². The van der Waals surface area contributed by atoms with Crippen LogP contribution in [0.4, 0.5) is 0 Å². The molecular formula is C12H13BrN2S. The summed E-state index contributed by atoms with van der Waals surface area (Å²) in [5.74, 6) is 1.93. The highest BCUT2D eigenvalue weighted by molar-refractivity contribution is 9.11. The van der Waals surface area contributed by atoms with E-state index in [0.29, 0.717) is 0 Å². The van der Waals surface area contributed by atoms with E-state index in [9.17, 15) is 0 Å². The fourth-order valence-electron chi connectivity index (χ4n) is 2.26. The van der Waals surface area contributed by atoms with Crippen molar-refractivity contribution in [1.29, 1.82) is 0 Å². The highest BCUT2D eigenvalue weighted by atomic mass is 79.9. The van der Waals surface area contributed by atoms with Gasteiger partial charge >= 0.3 is 0 Å². The maximum Gasteiger partial charge on any atom is 0.150 e. The standard InChI is InChI=1S/C12H13BrN2S/c1-8-4-5-15-9(6-8)7-14-12(15)10-2-3-11(13)16-10/h2-3,7-8H,4-6H2,1H3. The van der Waals surface area contributed by atoms with Crippen LogP contribution >= 0.6 is 27.3 Å². The second-order valence-corrected chi connectivity index (χ2v) is 6.89. The summed E-state index contributed by atoms with van der Waals surface area (Å²) in [6, 6.07) is 4.23. The van der Waals surface area contributed by atoms with Gasteiger partial charge in [0.25, 0.3) is 0 Å². The molecule has 3 heterocycles. The van der Waals surface area contributed by atoms with E-state index >= 15 is 0 Å². The van der Waals surface area contributed by atoms with Gasteiger partial charge in [0.2, 0.25) is 0 Å². The van der Waals surface area contributed by atoms with Crippen LogP contribution in [-0.4, -0.2) is 9.55 Å². The van der Waals surface area contributed by atoms with Gasteiger partial charge in [0.05, 0.1) is 8.66 Å². The first-order chi connectivity index (χ1) is 7.74. The van der Waals surface area contributed by atoms with Gasteiger partial charge in [0.15, 0.2) is 0 Å². The molecule has 1 aliphatic heterocycles. The molecule has 3 rings (SSSR count). The van der Waals surface area contributed by atoms with Crippen molar-refractivity contribution in [1.82, 2.24) is 9.55 Å². The molecule has 16 heavy (non-hydrogen) atoms. The van der Waals surface area contributed by atoms with Gasteiger partial charge in [-0.2, -0.15) is 0 Å². The van der Waals surface area contributed by atoms with E-state index in [1.165, 1.54) is 27.2 Å². The third-order valence-electron chi connectivity index (χ3n) is 3.13. The fourth-order valence-corrected chi connectivity index (χ4v) is 3.65. The van der Waals surface area contributed by atoms with Crippen LogP contribution in [-0.2, 0) is 13.0 Å². The molecule has 0 radical (unpaired) electrons. The monoisotopic (exact) mass is 296 g/mol. The first-order valence-electron chi connectivity index (χ1n) is 5.54. The first-order valence-corrected chi connectivity index (χ1v) is 7.15. The van der Waals surface area contributed by atoms with Crippen LogP contribution < -0.4 is 0 Å². The largest absolute Gasteiger partial charge is 0.327 e. The Labute approximate surface area is 107 Å². The van der Waals surface area contributed by atoms with Gasteiger partial charge in [0, 0.05) is 18.4 Å². The Bertz CT molecular complexity index is 515. The van der Waals surface area contributed by atoms with Crippen LogP contribution in [0.2, 0.25) is 0 Å². The number of fused-ring (bicyclic) bond motifs is 1. The molecule has 0 aliphatic carbocycles. The second kappa shape index (κ2) is 4.00. The molecule has 0 bridgehead atoms. The molecule has 1 unspecified atom stereocenters. The number of hydrogen-bond acceptors (Lipinski definition) is 2. The summed E-state index contributed by atoms with van der Waals surface area (Å²) < 4.78 is 3.54. The Morgan fingerprint density at radius 2 is 2.38 bits per heavy atom. The Hall–Kier alpha value is -0.610. The topological polar surface area (TPSA) is 17.8 Å². The second-order valence-electron chi connectivity index (χ2n) is 4.43. The predicted molar refractivity (Wildman–Crippen MR) is 70.7 cm³/mol. The Kier molecular flexibility index (Phi) is 2.64. The Morgan fingerprint density at radius 3 is 3.12 bits per heavy atom. The molecule has 0 saturated carbocycles. The van der Waals surface area contributed by atoms with Crippen molar-refractivity contribution in [2.45, 2.75) is 26.3 Å². The van der Waals surface area contributed by atoms with Crippen molar-refractivity contribution in [3.63, 3.8) is 0 Å². The molecular weight excluding hydrogens is 284 g/mol. The average Bonchev–Trinajstić information content (AvgIpc) is 2.83. The molecule has 2 aromatic heterocycles. The minimum absolute atomic E-state index is 0.798. The van der Waals surface area contributed by atoms with Gasteiger partial charge < -0.3 is 4.57 Å². The zero-order valence-electron chi connectivity index (χ0n) is 9.11. The summed E-state index contributed by atoms with van der Waals surface area (Å²) in [7, 11) is 0. The number of aromatic nitrogens is 2. The Balaban J connectivity index is 2.03. The summed E-state index contributed by atoms with van der Waals surface area (Å²) in [4.78, 5) is 5.83. The molecule has 1 atom stereocenters. The van der Waals surface area contributed by atoms with Crippen LogP contribution in [0.3, 0.4) is 0 Å². The summed E-state index contributed by atoms with van der Waals surface area (Å²) in [6.07, 6.45) is 4.47. The number of halogens is 1. The maximum absolute atomic E-state index is 4.57. The number of nitrogens with zero attached hydrogens (tertiary/aromatic N) is 2. The Morgan fingerprint density at radius 1 is 1.50 bits per heavy atom. The van der Waals surface area contributed by atoms with Crippen molar-refractivity contribution < 1.29 is 0 Å². The van der Waals surface area contributed by atoms with E-state index in [0.717, 1.165) is 18.3 Å². The minimum Gasteiger partial charge on any atom is -0.327 e. The third-order valence-corrected chi connectivity index (χ3v) is 4.75. The van der Waals surface area contributed by atoms with E-state index < -0.39 is 0 Å². The lowest BCUT2D eigenvalue weighted by Crippen LogP contribution is -2.16. The molecule has 0 N–H and O–H groups in total. The molecule has 0 spiro atoms. The highest BCUT2D eigenvalue weighted by Crippen LogP contribution is 2.33. The van der Waals surface area contributed by atoms with E-state index in [2.05, 4.69) is 44.5 Å². The SMILES string of the molecule is CC1CCn2c(cnc2-c2ccc(Br)s2)C1. The van der Waals surface area contributed by atoms with Gasteiger partial charge in [-0.1, -0.05) is 6.92 Å². The maximum atomic E-state index is 4.57. The van der Waals surface area contributed by atoms with Crippen LogP contribution in [0, 0.1) is 5.92 Å². The summed E-state index contributed by atoms with van der Waals surface area (Å²) in [5.41, 5.74) is 1.39. The summed E-state index contributed by atoms with van der Waals surface area (Å²) in [6.45, 7) is 3.43. The molecule has 2 aromatic rings. The number of hydrogen-bond donors (Lipinski definition) is 0. The molecule has 4 heteroatoms. The van der Waals surface area contributed by atoms with Gasteiger partial charge in [-0.15, -0.1) is 11.3 Å². The van der Waals surface area contributed by atoms with Crippen molar-refractivity contribution in [2.75, 3.05) is 0 Å². The van der Waals surface area contributed by atoms with Crippen LogP contribution in [0.15, 0.2) is 22.1 Å². The van der Waals surface area contributed by atoms with Crippen LogP contribution in [0.25, 0.3) is 10.7 Å². The molecule has 0 fully saturated rings. The molecule has 0 amide bonds. The molecule has 2 nitrogen and oxygen atoms in total. The summed E-state index contributed by atoms with van der Waals surface area (Å²) >= 11 is 5.26. The van der Waals surface area contributed by atoms with Crippen molar-refractivity contribution in [2.24, 2.45) is 5.92 Å². The fraction of sp³-hybridized carbons (Fsp3) is 0.417. The third kappa shape index (κ3) is 1.74. The average molecular weight is 297 g/mol. The predicted octanol–water partition coefficient (Wildman–Crippen LogP) is 3.96. The lowest BCUT2D eigenvalue weighted by atomic mass is 9.99. The minimum atomic E-state index is 0.798. The molecule has 1 aliphatic rings. The number of thiophene rings is 1. The first kappa shape index (κ1) is 10.5. The number of imidazole rings is 1. The zero-order chi connectivity index (χ0) is 11.1. The van der Waals surface area contributed by atoms with Gasteiger partial charge in [-0.3, -0.25) is 0 Å². The molecule has 0 saturated heterocycles. The molecule has 0 aromatic carbocycles. The van der Waals surface area contributed by atoms with Gasteiger partial charge in [-0.25, -0.2) is 4.98 Å². The van der Waals surface area contributed by atoms with E-state index in [1.54, 1.807) is 11.3 Å². The van der Waals surface area contributed by atoms with Crippen molar-refractivity contribution >= 4 is 27.3 Å². The van der Waals surface area contributed by atoms with Gasteiger partial charge in [0.1, 0.15) is 5.82 Å².